The number of rotatable bonds is 8. The van der Waals surface area contributed by atoms with E-state index in [1.54, 1.807) is 6.07 Å². The van der Waals surface area contributed by atoms with Crippen LogP contribution in [-0.2, 0) is 17.7 Å². The number of ether oxygens (including phenoxy) is 2. The molecule has 0 unspecified atom stereocenters. The van der Waals surface area contributed by atoms with E-state index < -0.39 is 5.60 Å². The highest BCUT2D eigenvalue weighted by molar-refractivity contribution is 5.97. The number of nitrogens with two attached hydrogens (primary N) is 1. The van der Waals surface area contributed by atoms with E-state index in [1.807, 2.05) is 58.0 Å². The molecule has 0 saturated carbocycles. The number of benzene rings is 2. The van der Waals surface area contributed by atoms with E-state index >= 15 is 0 Å². The lowest BCUT2D eigenvalue weighted by Gasteiger charge is -2.21. The molecule has 2 aromatic carbocycles. The molecule has 0 aliphatic rings. The Hall–Kier alpha value is -3.12. The van der Waals surface area contributed by atoms with Gasteiger partial charge >= 0.3 is 5.97 Å². The average molecular weight is 450 g/mol. The van der Waals surface area contributed by atoms with Crippen molar-refractivity contribution in [3.63, 3.8) is 0 Å². The maximum absolute atomic E-state index is 12.8. The largest absolute Gasteiger partial charge is 0.465 e. The van der Waals surface area contributed by atoms with Gasteiger partial charge in [0.05, 0.1) is 29.6 Å². The molecule has 6 nitrogen and oxygen atoms in total. The predicted molar refractivity (Wildman–Crippen MR) is 132 cm³/mol. The third-order valence-electron chi connectivity index (χ3n) is 5.50. The number of carbonyl (C=O) groups excluding carboxylic acids is 1. The summed E-state index contributed by atoms with van der Waals surface area (Å²) in [4.78, 5) is 17.4. The molecule has 6 heteroatoms. The maximum atomic E-state index is 12.8. The second kappa shape index (κ2) is 10.2. The molecule has 33 heavy (non-hydrogen) atoms. The minimum Gasteiger partial charge on any atom is -0.465 e. The number of imidazole rings is 1. The van der Waals surface area contributed by atoms with Gasteiger partial charge in [-0.1, -0.05) is 49.4 Å². The van der Waals surface area contributed by atoms with Gasteiger partial charge in [0.1, 0.15) is 5.60 Å². The fourth-order valence-corrected chi connectivity index (χ4v) is 3.95. The molecule has 0 saturated heterocycles. The van der Waals surface area contributed by atoms with Gasteiger partial charge in [-0.25, -0.2) is 4.79 Å². The van der Waals surface area contributed by atoms with Gasteiger partial charge in [0.25, 0.3) is 6.01 Å². The molecule has 1 aromatic heterocycles. The topological polar surface area (TPSA) is 79.4 Å². The van der Waals surface area contributed by atoms with Crippen LogP contribution in [0.4, 0.5) is 0 Å². The van der Waals surface area contributed by atoms with Crippen LogP contribution in [-0.4, -0.2) is 27.7 Å². The lowest BCUT2D eigenvalue weighted by molar-refractivity contribution is 0.00704. The predicted octanol–water partition coefficient (Wildman–Crippen LogP) is 5.53. The van der Waals surface area contributed by atoms with Crippen molar-refractivity contribution in [2.45, 2.75) is 66.2 Å². The number of carbonyl (C=O) groups is 1. The standard InChI is InChI=1S/C27H35N3O3/c1-7-23-24(17-28)30(26(29-23)32-8-2)18(3)19-13-15-20(16-14-19)21-11-9-10-12-22(21)25(31)33-27(4,5)6/h9-16,18H,7-8,17,28H2,1-6H3/t18-/m1/s1. The van der Waals surface area contributed by atoms with E-state index in [1.165, 1.54) is 0 Å². The first-order valence-electron chi connectivity index (χ1n) is 11.6. The molecule has 0 radical (unpaired) electrons. The van der Waals surface area contributed by atoms with Crippen LogP contribution < -0.4 is 10.5 Å². The number of hydrogen-bond acceptors (Lipinski definition) is 5. The molecule has 1 atom stereocenters. The Morgan fingerprint density at radius 3 is 2.33 bits per heavy atom. The first-order valence-corrected chi connectivity index (χ1v) is 11.6. The number of aromatic nitrogens is 2. The van der Waals surface area contributed by atoms with Crippen LogP contribution in [0.5, 0.6) is 6.01 Å². The molecule has 0 spiro atoms. The third-order valence-corrected chi connectivity index (χ3v) is 5.50. The van der Waals surface area contributed by atoms with Crippen LogP contribution in [0.2, 0.25) is 0 Å². The van der Waals surface area contributed by atoms with Gasteiger partial charge in [0.15, 0.2) is 0 Å². The normalized spacial score (nSPS) is 12.5. The van der Waals surface area contributed by atoms with E-state index in [0.29, 0.717) is 24.7 Å². The fraction of sp³-hybridized carbons (Fsp3) is 0.407. The van der Waals surface area contributed by atoms with Crippen molar-refractivity contribution in [3.8, 4) is 17.1 Å². The van der Waals surface area contributed by atoms with Crippen molar-refractivity contribution in [3.05, 3.63) is 71.0 Å². The molecule has 0 aliphatic heterocycles. The Morgan fingerprint density at radius 1 is 1.09 bits per heavy atom. The molecule has 0 amide bonds. The van der Waals surface area contributed by atoms with Gasteiger partial charge in [0.2, 0.25) is 0 Å². The highest BCUT2D eigenvalue weighted by Gasteiger charge is 2.23. The monoisotopic (exact) mass is 449 g/mol. The van der Waals surface area contributed by atoms with E-state index in [4.69, 9.17) is 15.2 Å². The molecule has 3 rings (SSSR count). The SMILES string of the molecule is CCOc1nc(CC)c(CN)n1[C@H](C)c1ccc(-c2ccccc2C(=O)OC(C)(C)C)cc1. The van der Waals surface area contributed by atoms with E-state index in [0.717, 1.165) is 34.5 Å². The van der Waals surface area contributed by atoms with E-state index in [2.05, 4.69) is 35.5 Å². The summed E-state index contributed by atoms with van der Waals surface area (Å²) in [5.74, 6) is -0.324. The molecular formula is C27H35N3O3. The lowest BCUT2D eigenvalue weighted by Crippen LogP contribution is -2.24. The number of nitrogens with zero attached hydrogens (tertiary/aromatic N) is 2. The van der Waals surface area contributed by atoms with Crippen LogP contribution in [0.3, 0.4) is 0 Å². The van der Waals surface area contributed by atoms with Gasteiger partial charge in [-0.15, -0.1) is 0 Å². The van der Waals surface area contributed by atoms with Gasteiger partial charge < -0.3 is 15.2 Å². The first-order chi connectivity index (χ1) is 15.7. The van der Waals surface area contributed by atoms with Gasteiger partial charge in [-0.05, 0) is 63.8 Å². The Morgan fingerprint density at radius 2 is 1.76 bits per heavy atom. The smallest absolute Gasteiger partial charge is 0.339 e. The zero-order valence-corrected chi connectivity index (χ0v) is 20.5. The van der Waals surface area contributed by atoms with E-state index in [-0.39, 0.29) is 12.0 Å². The molecular weight excluding hydrogens is 414 g/mol. The first kappa shape index (κ1) is 24.5. The van der Waals surface area contributed by atoms with Crippen LogP contribution in [0, 0.1) is 0 Å². The lowest BCUT2D eigenvalue weighted by atomic mass is 9.97. The molecule has 2 N–H and O–H groups in total. The van der Waals surface area contributed by atoms with Crippen molar-refractivity contribution in [1.29, 1.82) is 0 Å². The zero-order valence-electron chi connectivity index (χ0n) is 20.5. The van der Waals surface area contributed by atoms with Crippen molar-refractivity contribution in [1.82, 2.24) is 9.55 Å². The summed E-state index contributed by atoms with van der Waals surface area (Å²) in [5, 5.41) is 0. The molecule has 176 valence electrons. The van der Waals surface area contributed by atoms with Crippen LogP contribution >= 0.6 is 0 Å². The number of esters is 1. The molecule has 3 aromatic rings. The summed E-state index contributed by atoms with van der Waals surface area (Å²) in [7, 11) is 0. The van der Waals surface area contributed by atoms with Crippen LogP contribution in [0.15, 0.2) is 48.5 Å². The zero-order chi connectivity index (χ0) is 24.2. The summed E-state index contributed by atoms with van der Waals surface area (Å²) in [6.45, 7) is 12.7. The second-order valence-corrected chi connectivity index (χ2v) is 8.99. The Bertz CT molecular complexity index is 1090. The molecule has 0 fully saturated rings. The minimum absolute atomic E-state index is 0.00644. The average Bonchev–Trinajstić information content (AvgIpc) is 3.15. The highest BCUT2D eigenvalue weighted by atomic mass is 16.6. The summed E-state index contributed by atoms with van der Waals surface area (Å²) < 4.78 is 13.5. The van der Waals surface area contributed by atoms with Crippen molar-refractivity contribution in [2.24, 2.45) is 5.73 Å². The summed E-state index contributed by atoms with van der Waals surface area (Å²) in [6, 6.07) is 16.4. The third kappa shape index (κ3) is 5.45. The van der Waals surface area contributed by atoms with Crippen LogP contribution in [0.25, 0.3) is 11.1 Å². The molecule has 0 bridgehead atoms. The number of aryl methyl sites for hydroxylation is 1. The maximum Gasteiger partial charge on any atom is 0.339 e. The Balaban J connectivity index is 1.96. The van der Waals surface area contributed by atoms with Crippen molar-refractivity contribution < 1.29 is 14.3 Å². The summed E-state index contributed by atoms with van der Waals surface area (Å²) in [5.41, 5.74) is 10.9. The van der Waals surface area contributed by atoms with Gasteiger partial charge in [0, 0.05) is 6.54 Å². The number of hydrogen-bond donors (Lipinski definition) is 1. The fourth-order valence-electron chi connectivity index (χ4n) is 3.95. The molecule has 0 aliphatic carbocycles. The van der Waals surface area contributed by atoms with Gasteiger partial charge in [-0.3, -0.25) is 4.57 Å². The Labute approximate surface area is 196 Å². The van der Waals surface area contributed by atoms with Gasteiger partial charge in [-0.2, -0.15) is 4.98 Å². The van der Waals surface area contributed by atoms with Crippen LogP contribution in [0.1, 0.15) is 74.9 Å². The molecule has 1 heterocycles. The Kier molecular flexibility index (Phi) is 7.59. The second-order valence-electron chi connectivity index (χ2n) is 8.99. The quantitative estimate of drug-likeness (QED) is 0.457. The van der Waals surface area contributed by atoms with Crippen molar-refractivity contribution >= 4 is 5.97 Å². The van der Waals surface area contributed by atoms with Crippen molar-refractivity contribution in [2.75, 3.05) is 6.61 Å². The summed E-state index contributed by atoms with van der Waals surface area (Å²) >= 11 is 0. The summed E-state index contributed by atoms with van der Waals surface area (Å²) in [6.07, 6.45) is 0.798. The highest BCUT2D eigenvalue weighted by Crippen LogP contribution is 2.31. The van der Waals surface area contributed by atoms with E-state index in [9.17, 15) is 4.79 Å². The minimum atomic E-state index is -0.551.